The van der Waals surface area contributed by atoms with Gasteiger partial charge in [-0.15, -0.1) is 0 Å². The number of hydrogen-bond acceptors (Lipinski definition) is 8. The Bertz CT molecular complexity index is 2780. The second kappa shape index (κ2) is 23.6. The van der Waals surface area contributed by atoms with E-state index in [9.17, 15) is 46.1 Å². The molecule has 3 unspecified atom stereocenters. The molecule has 0 spiro atoms. The molecule has 9 rings (SSSR count). The number of ether oxygens (including phenoxy) is 1. The van der Waals surface area contributed by atoms with E-state index in [0.717, 1.165) is 40.6 Å². The van der Waals surface area contributed by atoms with Crippen molar-refractivity contribution < 1.29 is 50.9 Å². The van der Waals surface area contributed by atoms with Gasteiger partial charge in [0.05, 0.1) is 30.0 Å². The molecule has 5 N–H and O–H groups in total. The fraction of sp³-hybridized carbons (Fsp3) is 0.396. The first kappa shape index (κ1) is 54.2. The average Bonchev–Trinajstić information content (AvgIpc) is 3.35. The maximum Gasteiger partial charge on any atom is 0.256 e. The molecule has 2 amide bonds. The van der Waals surface area contributed by atoms with E-state index >= 15 is 0 Å². The number of rotatable bonds is 14. The number of hydrogen-bond donors (Lipinski definition) is 5. The second-order valence-electron chi connectivity index (χ2n) is 19.3. The van der Waals surface area contributed by atoms with Crippen LogP contribution in [-0.2, 0) is 0 Å². The number of carbonyl (C=O) groups excluding carboxylic acids is 2. The average molecular weight is 1290 g/mol. The van der Waals surface area contributed by atoms with Gasteiger partial charge in [0.25, 0.3) is 5.91 Å². The van der Waals surface area contributed by atoms with Crippen molar-refractivity contribution in [1.82, 2.24) is 15.1 Å². The Hall–Kier alpha value is -4.08. The van der Waals surface area contributed by atoms with Gasteiger partial charge >= 0.3 is 193 Å². The van der Waals surface area contributed by atoms with Gasteiger partial charge in [-0.3, -0.25) is 4.79 Å². The van der Waals surface area contributed by atoms with E-state index in [4.69, 9.17) is 4.74 Å². The van der Waals surface area contributed by atoms with Crippen LogP contribution < -0.4 is 25.0 Å². The summed E-state index contributed by atoms with van der Waals surface area (Å²) in [6.45, 7) is 0.735. The van der Waals surface area contributed by atoms with Crippen molar-refractivity contribution in [2.75, 3.05) is 50.5 Å². The maximum atomic E-state index is 14.8. The number of β-amino-alcohol motifs (C(OH)–C–C–N with tert-alkyl or cyclic N) is 2. The van der Waals surface area contributed by atoms with E-state index in [1.807, 2.05) is 69.4 Å². The van der Waals surface area contributed by atoms with Crippen LogP contribution in [0, 0.1) is 53.9 Å². The van der Waals surface area contributed by atoms with Crippen molar-refractivity contribution in [1.29, 1.82) is 0 Å². The number of methoxy groups -OCH3 is 1. The van der Waals surface area contributed by atoms with Crippen molar-refractivity contribution in [2.24, 2.45) is 11.8 Å². The van der Waals surface area contributed by atoms with Gasteiger partial charge in [-0.05, 0) is 100 Å². The molecule has 0 bridgehead atoms. The molecule has 72 heavy (non-hydrogen) atoms. The summed E-state index contributed by atoms with van der Waals surface area (Å²) in [4.78, 5) is 29.1. The number of carbonyl (C=O) groups is 2. The summed E-state index contributed by atoms with van der Waals surface area (Å²) in [7, 11) is 1.59. The second-order valence-corrected chi connectivity index (χ2v) is 24.4. The number of anilines is 4. The zero-order valence-corrected chi connectivity index (χ0v) is 45.9. The Morgan fingerprint density at radius 1 is 0.653 bits per heavy atom. The number of nitrogens with zero attached hydrogens (tertiary/aromatic N) is 2. The van der Waals surface area contributed by atoms with E-state index in [0.29, 0.717) is 30.9 Å². The zero-order valence-electron chi connectivity index (χ0n) is 39.5. The van der Waals surface area contributed by atoms with Gasteiger partial charge in [0.1, 0.15) is 11.4 Å². The summed E-state index contributed by atoms with van der Waals surface area (Å²) < 4.78 is 93.8. The Kier molecular flexibility index (Phi) is 17.8. The molecule has 3 atom stereocenters. The van der Waals surface area contributed by atoms with Crippen LogP contribution in [0.5, 0.6) is 5.75 Å². The summed E-state index contributed by atoms with van der Waals surface area (Å²) in [6, 6.07) is 20.7. The van der Waals surface area contributed by atoms with Gasteiger partial charge < -0.3 is 20.6 Å². The summed E-state index contributed by atoms with van der Waals surface area (Å²) >= 11 is 3.20. The standard InChI is InChI=1S/C29H35F3IN3O2.C24H21AsF3IN2O3/c30-22-12-11-21(27(26(22)32)35-25-13-10-19(33)14-23(25)31)28(37)36-16-29(38,17-36)15-34-24-9-5-4-8-20(24)18-6-2-1-3-7-18;1-34-16-4-2-3-14(9-16)25-11-24(33)12-31(13-24)23(32)17-6-7-18(26)21(28)22(17)30-20-8-5-15(29)10-19(20)27/h10-14,18,20,24,34-35,38H,1-9,15-17H2;2-10,25,30,33H,11-13H2,1H3. The number of nitrogens with one attached hydrogen (secondary N) is 3. The molecule has 384 valence electrons. The van der Waals surface area contributed by atoms with Crippen LogP contribution in [0.1, 0.15) is 78.5 Å². The minimum Gasteiger partial charge on any atom is -0.385 e. The predicted octanol–water partition coefficient (Wildman–Crippen LogP) is 10.2. The fourth-order valence-electron chi connectivity index (χ4n) is 10.2. The predicted molar refractivity (Wildman–Crippen MR) is 284 cm³/mol. The van der Waals surface area contributed by atoms with E-state index in [1.54, 1.807) is 19.2 Å². The summed E-state index contributed by atoms with van der Waals surface area (Å²) in [5.41, 5.74) is -3.35. The molecule has 0 radical (unpaired) electrons. The molecule has 5 aromatic rings. The first-order valence-corrected chi connectivity index (χ1v) is 28.7. The minimum absolute atomic E-state index is 0.0618. The van der Waals surface area contributed by atoms with Crippen molar-refractivity contribution in [3.8, 4) is 5.75 Å². The third-order valence-corrected chi connectivity index (χ3v) is 18.6. The van der Waals surface area contributed by atoms with E-state index in [-0.39, 0.29) is 48.7 Å². The molecule has 19 heteroatoms. The van der Waals surface area contributed by atoms with Gasteiger partial charge in [0.15, 0.2) is 11.6 Å². The van der Waals surface area contributed by atoms with Crippen molar-refractivity contribution >= 4 is 99.8 Å². The van der Waals surface area contributed by atoms with Crippen molar-refractivity contribution in [3.63, 3.8) is 0 Å². The molecule has 4 fully saturated rings. The van der Waals surface area contributed by atoms with Crippen LogP contribution in [0.4, 0.5) is 49.1 Å². The van der Waals surface area contributed by atoms with Crippen LogP contribution in [0.25, 0.3) is 0 Å². The molecular weight excluding hydrogens is 1230 g/mol. The Morgan fingerprint density at radius 3 is 1.69 bits per heavy atom. The summed E-state index contributed by atoms with van der Waals surface area (Å²) in [5.74, 6) is -5.09. The number of amides is 2. The van der Waals surface area contributed by atoms with Gasteiger partial charge in [-0.25, -0.2) is 13.2 Å². The van der Waals surface area contributed by atoms with Crippen LogP contribution in [0.15, 0.2) is 84.9 Å². The van der Waals surface area contributed by atoms with Crippen LogP contribution in [0.3, 0.4) is 0 Å². The molecule has 5 aromatic carbocycles. The van der Waals surface area contributed by atoms with E-state index in [1.165, 1.54) is 91.5 Å². The van der Waals surface area contributed by atoms with Gasteiger partial charge in [0.2, 0.25) is 0 Å². The molecule has 4 aliphatic rings. The number of likely N-dealkylation sites (tertiary alicyclic amines) is 2. The van der Waals surface area contributed by atoms with Gasteiger partial charge in [0, 0.05) is 16.2 Å². The van der Waals surface area contributed by atoms with Crippen LogP contribution >= 0.6 is 45.2 Å². The number of benzene rings is 5. The quantitative estimate of drug-likeness (QED) is 0.0423. The first-order valence-electron chi connectivity index (χ1n) is 24.0. The molecule has 10 nitrogen and oxygen atoms in total. The maximum absolute atomic E-state index is 14.8. The van der Waals surface area contributed by atoms with E-state index in [2.05, 4.69) is 16.0 Å². The molecule has 2 aliphatic heterocycles. The molecule has 2 saturated heterocycles. The third kappa shape index (κ3) is 12.9. The van der Waals surface area contributed by atoms with Crippen molar-refractivity contribution in [3.05, 3.63) is 138 Å². The minimum atomic E-state index is -1.27. The topological polar surface area (TPSA) is 126 Å². The fourth-order valence-corrected chi connectivity index (χ4v) is 13.6. The van der Waals surface area contributed by atoms with Gasteiger partial charge in [-0.2, -0.15) is 0 Å². The molecule has 2 saturated carbocycles. The monoisotopic (exact) mass is 1290 g/mol. The van der Waals surface area contributed by atoms with Crippen LogP contribution in [-0.4, -0.2) is 105 Å². The number of aliphatic hydroxyl groups is 2. The Labute approximate surface area is 449 Å². The zero-order chi connectivity index (χ0) is 51.3. The van der Waals surface area contributed by atoms with Crippen molar-refractivity contribution in [2.45, 2.75) is 80.2 Å². The third-order valence-electron chi connectivity index (χ3n) is 14.0. The Morgan fingerprint density at radius 2 is 1.17 bits per heavy atom. The number of halogens is 8. The smallest absolute Gasteiger partial charge is 0.256 e. The largest absolute Gasteiger partial charge is 0.385 e. The summed E-state index contributed by atoms with van der Waals surface area (Å²) in [5, 5.41) is 31.2. The normalized spacial score (nSPS) is 19.5. The Balaban J connectivity index is 0.000000194. The molecule has 2 heterocycles. The first-order chi connectivity index (χ1) is 34.4. The van der Waals surface area contributed by atoms with Gasteiger partial charge in [-0.1, -0.05) is 44.9 Å². The SMILES string of the molecule is COc1cccc([AsH]CC2(O)CN(C(=O)c3ccc(F)c(F)c3Nc3ccc(I)cc3F)C2)c1.O=C(c1ccc(F)c(F)c1Nc1ccc(I)cc1F)N1CC(O)(CNC2CCCCC2C2CCCCC2)C1. The molecular formula is C53H56AsF6I2N5O5. The molecule has 2 aliphatic carbocycles. The summed E-state index contributed by atoms with van der Waals surface area (Å²) in [6.07, 6.45) is 11.4. The van der Waals surface area contributed by atoms with Crippen LogP contribution in [0.2, 0.25) is 5.21 Å². The van der Waals surface area contributed by atoms with E-state index < -0.39 is 85.0 Å². The molecule has 0 aromatic heterocycles.